The quantitative estimate of drug-likeness (QED) is 0.163. The summed E-state index contributed by atoms with van der Waals surface area (Å²) in [6.07, 6.45) is 6.87. The van der Waals surface area contributed by atoms with E-state index in [-0.39, 0.29) is 0 Å². The van der Waals surface area contributed by atoms with E-state index in [9.17, 15) is 0 Å². The van der Waals surface area contributed by atoms with Gasteiger partial charge in [-0.25, -0.2) is 0 Å². The monoisotopic (exact) mass is 702 g/mol. The summed E-state index contributed by atoms with van der Waals surface area (Å²) in [6.45, 7) is 0. The number of aryl methyl sites for hydroxylation is 1. The van der Waals surface area contributed by atoms with Crippen LogP contribution < -0.4 is 9.80 Å². The highest BCUT2D eigenvalue weighted by atomic mass is 32.1. The van der Waals surface area contributed by atoms with E-state index in [1.807, 2.05) is 22.7 Å². The lowest BCUT2D eigenvalue weighted by atomic mass is 10.0. The van der Waals surface area contributed by atoms with Crippen molar-refractivity contribution < 1.29 is 0 Å². The van der Waals surface area contributed by atoms with Gasteiger partial charge in [0.05, 0.1) is 20.8 Å². The molecule has 0 amide bonds. The molecule has 10 rings (SSSR count). The third kappa shape index (κ3) is 5.31. The van der Waals surface area contributed by atoms with Gasteiger partial charge >= 0.3 is 0 Å². The van der Waals surface area contributed by atoms with Crippen LogP contribution in [0.1, 0.15) is 16.9 Å². The van der Waals surface area contributed by atoms with E-state index in [0.717, 1.165) is 35.6 Å². The number of benzene rings is 7. The number of hydrogen-bond acceptors (Lipinski definition) is 4. The molecule has 0 saturated carbocycles. The standard InChI is InChI=1S/C48H34N2S2/c1-3-13-35(14-4-1)49(43-21-11-19-41-39-17-7-9-23-45(39)51-47(41)43)37-29-25-33(26-30-37)34-27-31-38(32-28-34)50(36-15-5-2-6-16-36)44-22-12-20-42-40-18-8-10-24-46(40)52-48(42)44/h1-9,11-23,25-32H,10,24H2. The van der Waals surface area contributed by atoms with Crippen molar-refractivity contribution in [2.75, 3.05) is 9.80 Å². The number of rotatable bonds is 7. The summed E-state index contributed by atoms with van der Waals surface area (Å²) in [5.74, 6) is 0. The van der Waals surface area contributed by atoms with Crippen LogP contribution in [0.15, 0.2) is 176 Å². The smallest absolute Gasteiger partial charge is 0.0640 e. The Kier molecular flexibility index (Phi) is 7.71. The number of thiophene rings is 2. The van der Waals surface area contributed by atoms with E-state index in [1.165, 1.54) is 63.2 Å². The van der Waals surface area contributed by atoms with Gasteiger partial charge in [0.15, 0.2) is 0 Å². The van der Waals surface area contributed by atoms with Gasteiger partial charge in [0.1, 0.15) is 0 Å². The van der Waals surface area contributed by atoms with Crippen molar-refractivity contribution >= 4 is 93.1 Å². The first-order chi connectivity index (χ1) is 25.8. The molecular weight excluding hydrogens is 669 g/mol. The van der Waals surface area contributed by atoms with Crippen LogP contribution in [-0.4, -0.2) is 0 Å². The molecular formula is C48H34N2S2. The summed E-state index contributed by atoms with van der Waals surface area (Å²) in [5, 5.41) is 3.96. The van der Waals surface area contributed by atoms with E-state index in [4.69, 9.17) is 0 Å². The van der Waals surface area contributed by atoms with Crippen LogP contribution in [0, 0.1) is 0 Å². The topological polar surface area (TPSA) is 6.48 Å². The maximum absolute atomic E-state index is 2.41. The van der Waals surface area contributed by atoms with Crippen molar-refractivity contribution in [2.45, 2.75) is 12.8 Å². The second-order valence-corrected chi connectivity index (χ2v) is 15.4. The minimum absolute atomic E-state index is 1.12. The zero-order valence-electron chi connectivity index (χ0n) is 28.4. The molecule has 2 aromatic heterocycles. The summed E-state index contributed by atoms with van der Waals surface area (Å²) in [4.78, 5) is 6.29. The van der Waals surface area contributed by atoms with Crippen LogP contribution >= 0.6 is 22.7 Å². The largest absolute Gasteiger partial charge is 0.309 e. The van der Waals surface area contributed by atoms with Gasteiger partial charge in [0, 0.05) is 48.5 Å². The van der Waals surface area contributed by atoms with Crippen molar-refractivity contribution in [3.05, 3.63) is 186 Å². The molecule has 0 atom stereocenters. The first-order valence-electron chi connectivity index (χ1n) is 17.8. The van der Waals surface area contributed by atoms with Gasteiger partial charge in [-0.1, -0.05) is 115 Å². The van der Waals surface area contributed by atoms with Crippen molar-refractivity contribution in [1.82, 2.24) is 0 Å². The molecule has 4 heteroatoms. The lowest BCUT2D eigenvalue weighted by Gasteiger charge is -2.27. The Morgan fingerprint density at radius 2 is 0.904 bits per heavy atom. The van der Waals surface area contributed by atoms with E-state index in [0.29, 0.717) is 0 Å². The molecule has 7 aromatic carbocycles. The van der Waals surface area contributed by atoms with E-state index in [1.54, 1.807) is 0 Å². The molecule has 2 nitrogen and oxygen atoms in total. The fourth-order valence-corrected chi connectivity index (χ4v) is 10.2. The average Bonchev–Trinajstić information content (AvgIpc) is 3.79. The predicted octanol–water partition coefficient (Wildman–Crippen LogP) is 14.8. The molecule has 0 N–H and O–H groups in total. The molecule has 0 fully saturated rings. The maximum atomic E-state index is 2.41. The van der Waals surface area contributed by atoms with Crippen LogP contribution in [-0.2, 0) is 6.42 Å². The Bertz CT molecular complexity index is 2720. The molecule has 0 unspecified atom stereocenters. The van der Waals surface area contributed by atoms with Gasteiger partial charge in [0.2, 0.25) is 0 Å². The van der Waals surface area contributed by atoms with Crippen molar-refractivity contribution in [2.24, 2.45) is 0 Å². The number of para-hydroxylation sites is 2. The lowest BCUT2D eigenvalue weighted by molar-refractivity contribution is 1.02. The van der Waals surface area contributed by atoms with Crippen LogP contribution in [0.2, 0.25) is 0 Å². The molecule has 1 aliphatic carbocycles. The number of anilines is 6. The summed E-state index contributed by atoms with van der Waals surface area (Å²) >= 11 is 3.81. The minimum atomic E-state index is 1.12. The summed E-state index contributed by atoms with van der Waals surface area (Å²) in [7, 11) is 0. The third-order valence-corrected chi connectivity index (χ3v) is 12.6. The molecule has 2 heterocycles. The number of hydrogen-bond donors (Lipinski definition) is 0. The highest BCUT2D eigenvalue weighted by Crippen LogP contribution is 2.47. The zero-order valence-corrected chi connectivity index (χ0v) is 30.1. The van der Waals surface area contributed by atoms with Gasteiger partial charge in [-0.2, -0.15) is 0 Å². The van der Waals surface area contributed by atoms with Crippen molar-refractivity contribution in [3.63, 3.8) is 0 Å². The Hall–Kier alpha value is -5.94. The Labute approximate surface area is 311 Å². The highest BCUT2D eigenvalue weighted by Gasteiger charge is 2.21. The van der Waals surface area contributed by atoms with Gasteiger partial charge in [-0.3, -0.25) is 0 Å². The fraction of sp³-hybridized carbons (Fsp3) is 0.0417. The number of fused-ring (bicyclic) bond motifs is 6. The molecule has 0 saturated heterocycles. The van der Waals surface area contributed by atoms with Gasteiger partial charge < -0.3 is 9.80 Å². The number of nitrogens with zero attached hydrogens (tertiary/aromatic N) is 2. The third-order valence-electron chi connectivity index (χ3n) is 10.1. The minimum Gasteiger partial charge on any atom is -0.309 e. The zero-order chi connectivity index (χ0) is 34.4. The fourth-order valence-electron chi connectivity index (χ4n) is 7.66. The van der Waals surface area contributed by atoms with Crippen LogP contribution in [0.4, 0.5) is 34.1 Å². The molecule has 0 aliphatic heterocycles. The van der Waals surface area contributed by atoms with Crippen LogP contribution in [0.3, 0.4) is 0 Å². The van der Waals surface area contributed by atoms with Gasteiger partial charge in [-0.05, 0) is 96.3 Å². The second-order valence-electron chi connectivity index (χ2n) is 13.2. The Morgan fingerprint density at radius 1 is 0.404 bits per heavy atom. The van der Waals surface area contributed by atoms with E-state index >= 15 is 0 Å². The number of allylic oxidation sites excluding steroid dienone is 1. The first kappa shape index (κ1) is 30.8. The molecule has 0 spiro atoms. The first-order valence-corrected chi connectivity index (χ1v) is 19.5. The summed E-state index contributed by atoms with van der Waals surface area (Å²) < 4.78 is 3.95. The van der Waals surface area contributed by atoms with E-state index < -0.39 is 0 Å². The van der Waals surface area contributed by atoms with Crippen molar-refractivity contribution in [1.29, 1.82) is 0 Å². The molecule has 52 heavy (non-hydrogen) atoms. The molecule has 248 valence electrons. The van der Waals surface area contributed by atoms with Gasteiger partial charge in [0.25, 0.3) is 0 Å². The normalized spacial score (nSPS) is 12.4. The summed E-state index contributed by atoms with van der Waals surface area (Å²) in [5.41, 5.74) is 10.8. The Morgan fingerprint density at radius 3 is 1.52 bits per heavy atom. The highest BCUT2D eigenvalue weighted by molar-refractivity contribution is 7.26. The van der Waals surface area contributed by atoms with E-state index in [2.05, 4.69) is 192 Å². The lowest BCUT2D eigenvalue weighted by Crippen LogP contribution is -2.10. The SMILES string of the molecule is C1=Cc2c(sc3c(N(c4ccccc4)c4ccc(-c5ccc(N(c6ccccc6)c6cccc7c6sc6ccccc67)cc5)cc4)cccc23)CC1. The second kappa shape index (κ2) is 13.0. The molecule has 1 aliphatic rings. The Balaban J connectivity index is 1.02. The van der Waals surface area contributed by atoms with Crippen LogP contribution in [0.25, 0.3) is 47.5 Å². The summed E-state index contributed by atoms with van der Waals surface area (Å²) in [6, 6.07) is 61.7. The van der Waals surface area contributed by atoms with Crippen LogP contribution in [0.5, 0.6) is 0 Å². The maximum Gasteiger partial charge on any atom is 0.0640 e. The van der Waals surface area contributed by atoms with Crippen molar-refractivity contribution in [3.8, 4) is 11.1 Å². The predicted molar refractivity (Wildman–Crippen MR) is 227 cm³/mol. The van der Waals surface area contributed by atoms with Gasteiger partial charge in [-0.15, -0.1) is 22.7 Å². The molecule has 0 radical (unpaired) electrons. The molecule has 0 bridgehead atoms. The molecule has 9 aromatic rings. The average molecular weight is 703 g/mol.